The standard InChI is InChI=1S/C19H18ClN3O2/c20-15-3-1-4-17-14(8-15)12-23(19(17)25)16-7-13(9-21-10-16)11-22-6-2-5-18(22)24/h1,3,7-10H,2,4-6,11-12H2. The van der Waals surface area contributed by atoms with Crippen LogP contribution in [0.5, 0.6) is 0 Å². The van der Waals surface area contributed by atoms with Crippen molar-refractivity contribution in [3.63, 3.8) is 0 Å². The molecule has 0 aromatic carbocycles. The monoisotopic (exact) mass is 355 g/mol. The zero-order valence-electron chi connectivity index (χ0n) is 13.7. The molecular weight excluding hydrogens is 338 g/mol. The number of hydrogen-bond donors (Lipinski definition) is 0. The Hall–Kier alpha value is -2.40. The minimum atomic E-state index is -0.00142. The fourth-order valence-electron chi connectivity index (χ4n) is 3.50. The zero-order chi connectivity index (χ0) is 17.4. The van der Waals surface area contributed by atoms with Gasteiger partial charge < -0.3 is 9.80 Å². The highest BCUT2D eigenvalue weighted by Crippen LogP contribution is 2.31. The highest BCUT2D eigenvalue weighted by molar-refractivity contribution is 6.31. The number of pyridine rings is 1. The molecule has 1 aromatic rings. The summed E-state index contributed by atoms with van der Waals surface area (Å²) < 4.78 is 0. The van der Waals surface area contributed by atoms with Crippen LogP contribution >= 0.6 is 11.6 Å². The first kappa shape index (κ1) is 16.1. The first-order valence-electron chi connectivity index (χ1n) is 8.41. The largest absolute Gasteiger partial charge is 0.338 e. The lowest BCUT2D eigenvalue weighted by atomic mass is 10.1. The number of rotatable bonds is 3. The van der Waals surface area contributed by atoms with Crippen molar-refractivity contribution in [2.24, 2.45) is 0 Å². The molecule has 6 heteroatoms. The number of amides is 2. The fourth-order valence-corrected chi connectivity index (χ4v) is 3.72. The summed E-state index contributed by atoms with van der Waals surface area (Å²) in [5.74, 6) is 0.182. The van der Waals surface area contributed by atoms with E-state index in [1.165, 1.54) is 0 Å². The Kier molecular flexibility index (Phi) is 4.17. The maximum absolute atomic E-state index is 12.8. The molecule has 5 nitrogen and oxygen atoms in total. The van der Waals surface area contributed by atoms with Crippen LogP contribution in [-0.2, 0) is 16.1 Å². The van der Waals surface area contributed by atoms with Crippen molar-refractivity contribution in [2.45, 2.75) is 25.8 Å². The van der Waals surface area contributed by atoms with Crippen LogP contribution in [0.2, 0.25) is 0 Å². The van der Waals surface area contributed by atoms with Gasteiger partial charge in [-0.2, -0.15) is 0 Å². The van der Waals surface area contributed by atoms with E-state index in [1.54, 1.807) is 17.3 Å². The molecule has 1 aliphatic carbocycles. The average molecular weight is 356 g/mol. The van der Waals surface area contributed by atoms with E-state index >= 15 is 0 Å². The van der Waals surface area contributed by atoms with Crippen molar-refractivity contribution < 1.29 is 9.59 Å². The van der Waals surface area contributed by atoms with Crippen LogP contribution in [0.15, 0.2) is 52.9 Å². The lowest BCUT2D eigenvalue weighted by molar-refractivity contribution is -0.128. The summed E-state index contributed by atoms with van der Waals surface area (Å²) in [5, 5.41) is 0.638. The normalized spacial score (nSPS) is 20.3. The average Bonchev–Trinajstić information content (AvgIpc) is 3.06. The minimum Gasteiger partial charge on any atom is -0.338 e. The van der Waals surface area contributed by atoms with Crippen molar-refractivity contribution in [1.29, 1.82) is 0 Å². The number of allylic oxidation sites excluding steroid dienone is 3. The second-order valence-electron chi connectivity index (χ2n) is 6.50. The van der Waals surface area contributed by atoms with E-state index in [1.807, 2.05) is 29.2 Å². The van der Waals surface area contributed by atoms with E-state index in [9.17, 15) is 9.59 Å². The third-order valence-corrected chi connectivity index (χ3v) is 5.00. The molecule has 0 atom stereocenters. The van der Waals surface area contributed by atoms with Gasteiger partial charge in [0.25, 0.3) is 5.91 Å². The van der Waals surface area contributed by atoms with Gasteiger partial charge in [-0.05, 0) is 42.2 Å². The molecule has 2 aliphatic heterocycles. The van der Waals surface area contributed by atoms with Crippen LogP contribution in [0.25, 0.3) is 0 Å². The Bertz CT molecular complexity index is 841. The van der Waals surface area contributed by atoms with Gasteiger partial charge >= 0.3 is 0 Å². The fraction of sp³-hybridized carbons (Fsp3) is 0.316. The quantitative estimate of drug-likeness (QED) is 0.837. The lowest BCUT2D eigenvalue weighted by Crippen LogP contribution is -2.28. The Balaban J connectivity index is 1.55. The number of aromatic nitrogens is 1. The van der Waals surface area contributed by atoms with Gasteiger partial charge in [-0.25, -0.2) is 0 Å². The summed E-state index contributed by atoms with van der Waals surface area (Å²) in [6.45, 7) is 1.83. The molecular formula is C19H18ClN3O2. The third-order valence-electron chi connectivity index (χ3n) is 4.77. The van der Waals surface area contributed by atoms with E-state index in [-0.39, 0.29) is 11.8 Å². The number of nitrogens with zero attached hydrogens (tertiary/aromatic N) is 3. The van der Waals surface area contributed by atoms with Crippen molar-refractivity contribution in [3.8, 4) is 0 Å². The zero-order valence-corrected chi connectivity index (χ0v) is 14.5. The first-order chi connectivity index (χ1) is 12.1. The molecule has 1 aromatic heterocycles. The van der Waals surface area contributed by atoms with Gasteiger partial charge in [0.2, 0.25) is 5.91 Å². The number of hydrogen-bond acceptors (Lipinski definition) is 3. The summed E-state index contributed by atoms with van der Waals surface area (Å²) in [4.78, 5) is 32.4. The lowest BCUT2D eigenvalue weighted by Gasteiger charge is -2.19. The molecule has 0 N–H and O–H groups in total. The number of carbonyl (C=O) groups is 2. The van der Waals surface area contributed by atoms with Crippen LogP contribution in [0.1, 0.15) is 24.8 Å². The van der Waals surface area contributed by atoms with E-state index < -0.39 is 0 Å². The first-order valence-corrected chi connectivity index (χ1v) is 8.79. The van der Waals surface area contributed by atoms with Crippen molar-refractivity contribution >= 4 is 29.1 Å². The predicted molar refractivity (Wildman–Crippen MR) is 96.0 cm³/mol. The van der Waals surface area contributed by atoms with Gasteiger partial charge in [0.15, 0.2) is 0 Å². The van der Waals surface area contributed by atoms with Crippen molar-refractivity contribution in [1.82, 2.24) is 9.88 Å². The van der Waals surface area contributed by atoms with Gasteiger partial charge in [-0.1, -0.05) is 17.7 Å². The highest BCUT2D eigenvalue weighted by Gasteiger charge is 2.30. The maximum Gasteiger partial charge on any atom is 0.255 e. The molecule has 2 amide bonds. The number of likely N-dealkylation sites (tertiary alicyclic amines) is 1. The molecule has 0 bridgehead atoms. The highest BCUT2D eigenvalue weighted by atomic mass is 35.5. The number of halogens is 1. The molecule has 1 saturated heterocycles. The van der Waals surface area contributed by atoms with E-state index in [4.69, 9.17) is 11.6 Å². The summed E-state index contributed by atoms with van der Waals surface area (Å²) in [5.41, 5.74) is 3.44. The van der Waals surface area contributed by atoms with E-state index in [2.05, 4.69) is 4.98 Å². The topological polar surface area (TPSA) is 53.5 Å². The Labute approximate surface area is 151 Å². The van der Waals surface area contributed by atoms with Crippen LogP contribution in [0.4, 0.5) is 5.69 Å². The molecule has 0 radical (unpaired) electrons. The summed E-state index contributed by atoms with van der Waals surface area (Å²) in [6.07, 6.45) is 11.2. The Morgan fingerprint density at radius 2 is 2.12 bits per heavy atom. The summed E-state index contributed by atoms with van der Waals surface area (Å²) in [6, 6.07) is 1.95. The molecule has 0 saturated carbocycles. The number of anilines is 1. The Morgan fingerprint density at radius 1 is 1.24 bits per heavy atom. The maximum atomic E-state index is 12.8. The van der Waals surface area contributed by atoms with Crippen LogP contribution in [-0.4, -0.2) is 34.8 Å². The SMILES string of the molecule is O=C1CCCN1Cc1cncc(N2CC3=C(CC=CC(Cl)=C3)C2=O)c1. The van der Waals surface area contributed by atoms with E-state index in [0.29, 0.717) is 31.0 Å². The molecule has 3 heterocycles. The van der Waals surface area contributed by atoms with Crippen LogP contribution in [0, 0.1) is 0 Å². The summed E-state index contributed by atoms with van der Waals surface area (Å²) >= 11 is 6.12. The van der Waals surface area contributed by atoms with Crippen molar-refractivity contribution in [3.05, 3.63) is 58.4 Å². The third kappa shape index (κ3) is 3.12. The second kappa shape index (κ2) is 6.48. The predicted octanol–water partition coefficient (Wildman–Crippen LogP) is 2.93. The van der Waals surface area contributed by atoms with E-state index in [0.717, 1.165) is 35.4 Å². The van der Waals surface area contributed by atoms with Crippen molar-refractivity contribution in [2.75, 3.05) is 18.0 Å². The van der Waals surface area contributed by atoms with Gasteiger partial charge in [-0.3, -0.25) is 14.6 Å². The molecule has 1 fully saturated rings. The van der Waals surface area contributed by atoms with Gasteiger partial charge in [0.1, 0.15) is 0 Å². The molecule has 4 rings (SSSR count). The smallest absolute Gasteiger partial charge is 0.255 e. The second-order valence-corrected chi connectivity index (χ2v) is 6.94. The Morgan fingerprint density at radius 3 is 2.92 bits per heavy atom. The molecule has 0 spiro atoms. The summed E-state index contributed by atoms with van der Waals surface area (Å²) in [7, 11) is 0. The van der Waals surface area contributed by atoms with Gasteiger partial charge in [0, 0.05) is 36.3 Å². The van der Waals surface area contributed by atoms with Crippen LogP contribution in [0.3, 0.4) is 0 Å². The minimum absolute atomic E-state index is 0.00142. The number of carbonyl (C=O) groups excluding carboxylic acids is 2. The molecule has 3 aliphatic rings. The van der Waals surface area contributed by atoms with Gasteiger partial charge in [0.05, 0.1) is 18.4 Å². The van der Waals surface area contributed by atoms with Crippen LogP contribution < -0.4 is 4.90 Å². The van der Waals surface area contributed by atoms with Gasteiger partial charge in [-0.15, -0.1) is 0 Å². The molecule has 25 heavy (non-hydrogen) atoms. The molecule has 128 valence electrons. The molecule has 0 unspecified atom stereocenters.